The highest BCUT2D eigenvalue weighted by atomic mass is 16.3. The van der Waals surface area contributed by atoms with Gasteiger partial charge in [-0.2, -0.15) is 0 Å². The molecule has 11 rings (SSSR count). The van der Waals surface area contributed by atoms with Crippen molar-refractivity contribution in [2.24, 2.45) is 0 Å². The van der Waals surface area contributed by atoms with Gasteiger partial charge < -0.3 is 13.9 Å². The molecule has 0 saturated heterocycles. The van der Waals surface area contributed by atoms with E-state index < -0.39 is 0 Å². The van der Waals surface area contributed by atoms with Gasteiger partial charge in [0.15, 0.2) is 0 Å². The van der Waals surface area contributed by atoms with E-state index in [-0.39, 0.29) is 0 Å². The van der Waals surface area contributed by atoms with Crippen molar-refractivity contribution in [3.63, 3.8) is 0 Å². The molecule has 0 fully saturated rings. The number of benzene rings is 9. The average molecular weight is 729 g/mol. The number of hydrogen-bond donors (Lipinski definition) is 0. The van der Waals surface area contributed by atoms with Crippen molar-refractivity contribution in [3.8, 4) is 39.1 Å². The SMILES string of the molecule is c1ccc(N(c2ccc(-c3ccc(-c4cccc5oc6ccccc6c45)cc3)cc2)c2ccc(-c3ccc(-n4c5ccccc5c5ccccc54)cc3)cc2)cc1. The summed E-state index contributed by atoms with van der Waals surface area (Å²) in [7, 11) is 0. The summed E-state index contributed by atoms with van der Waals surface area (Å²) in [5.41, 5.74) is 15.8. The number of para-hydroxylation sites is 4. The third-order valence-corrected chi connectivity index (χ3v) is 11.2. The molecule has 0 atom stereocenters. The van der Waals surface area contributed by atoms with Crippen LogP contribution < -0.4 is 4.90 Å². The summed E-state index contributed by atoms with van der Waals surface area (Å²) in [5.74, 6) is 0. The molecule has 3 nitrogen and oxygen atoms in total. The second-order valence-electron chi connectivity index (χ2n) is 14.5. The normalized spacial score (nSPS) is 11.5. The lowest BCUT2D eigenvalue weighted by molar-refractivity contribution is 0.669. The van der Waals surface area contributed by atoms with Crippen molar-refractivity contribution in [2.75, 3.05) is 4.90 Å². The highest BCUT2D eigenvalue weighted by Gasteiger charge is 2.16. The third kappa shape index (κ3) is 5.68. The fourth-order valence-corrected chi connectivity index (χ4v) is 8.49. The minimum atomic E-state index is 0.913. The van der Waals surface area contributed by atoms with Crippen LogP contribution in [0.2, 0.25) is 0 Å². The van der Waals surface area contributed by atoms with Crippen molar-refractivity contribution >= 4 is 60.8 Å². The minimum absolute atomic E-state index is 0.913. The fraction of sp³-hybridized carbons (Fsp3) is 0. The van der Waals surface area contributed by atoms with Gasteiger partial charge in [0.1, 0.15) is 11.2 Å². The molecular formula is C54H36N2O. The van der Waals surface area contributed by atoms with Gasteiger partial charge >= 0.3 is 0 Å². The first-order valence-corrected chi connectivity index (χ1v) is 19.4. The van der Waals surface area contributed by atoms with Gasteiger partial charge in [-0.3, -0.25) is 0 Å². The molecule has 0 radical (unpaired) electrons. The second kappa shape index (κ2) is 13.6. The molecule has 0 saturated carbocycles. The van der Waals surface area contributed by atoms with Crippen molar-refractivity contribution in [2.45, 2.75) is 0 Å². The maximum atomic E-state index is 6.16. The molecular weight excluding hydrogens is 693 g/mol. The van der Waals surface area contributed by atoms with E-state index in [9.17, 15) is 0 Å². The van der Waals surface area contributed by atoms with Crippen LogP contribution in [0.1, 0.15) is 0 Å². The van der Waals surface area contributed by atoms with Gasteiger partial charge in [0, 0.05) is 44.3 Å². The Hall–Kier alpha value is -7.62. The van der Waals surface area contributed by atoms with Crippen molar-refractivity contribution in [3.05, 3.63) is 218 Å². The smallest absolute Gasteiger partial charge is 0.136 e. The van der Waals surface area contributed by atoms with Gasteiger partial charge in [0.25, 0.3) is 0 Å². The Labute approximate surface area is 330 Å². The number of nitrogens with zero attached hydrogens (tertiary/aromatic N) is 2. The maximum Gasteiger partial charge on any atom is 0.136 e. The van der Waals surface area contributed by atoms with Crippen LogP contribution in [-0.4, -0.2) is 4.57 Å². The van der Waals surface area contributed by atoms with Gasteiger partial charge in [-0.05, 0) is 106 Å². The zero-order valence-electron chi connectivity index (χ0n) is 31.1. The second-order valence-corrected chi connectivity index (χ2v) is 14.5. The van der Waals surface area contributed by atoms with E-state index in [1.54, 1.807) is 0 Å². The molecule has 0 aliphatic rings. The van der Waals surface area contributed by atoms with Crippen LogP contribution >= 0.6 is 0 Å². The summed E-state index contributed by atoms with van der Waals surface area (Å²) in [4.78, 5) is 2.32. The van der Waals surface area contributed by atoms with Crippen molar-refractivity contribution in [1.82, 2.24) is 4.57 Å². The molecule has 3 heteroatoms. The lowest BCUT2D eigenvalue weighted by Gasteiger charge is -2.26. The minimum Gasteiger partial charge on any atom is -0.456 e. The monoisotopic (exact) mass is 728 g/mol. The van der Waals surface area contributed by atoms with Crippen LogP contribution in [0.15, 0.2) is 223 Å². The number of fused-ring (bicyclic) bond motifs is 6. The van der Waals surface area contributed by atoms with E-state index in [4.69, 9.17) is 4.42 Å². The molecule has 2 aromatic heterocycles. The first-order valence-electron chi connectivity index (χ1n) is 19.4. The van der Waals surface area contributed by atoms with Crippen LogP contribution in [0, 0.1) is 0 Å². The van der Waals surface area contributed by atoms with Gasteiger partial charge in [-0.1, -0.05) is 146 Å². The van der Waals surface area contributed by atoms with E-state index in [1.165, 1.54) is 55.2 Å². The largest absolute Gasteiger partial charge is 0.456 e. The highest BCUT2D eigenvalue weighted by Crippen LogP contribution is 2.39. The molecule has 57 heavy (non-hydrogen) atoms. The summed E-state index contributed by atoms with van der Waals surface area (Å²) in [6, 6.07) is 78.0. The molecule has 0 unspecified atom stereocenters. The van der Waals surface area contributed by atoms with Crippen molar-refractivity contribution < 1.29 is 4.42 Å². The Morgan fingerprint density at radius 1 is 0.316 bits per heavy atom. The van der Waals surface area contributed by atoms with Crippen LogP contribution in [0.4, 0.5) is 17.1 Å². The molecule has 0 spiro atoms. The first kappa shape index (κ1) is 32.8. The van der Waals surface area contributed by atoms with E-state index in [0.29, 0.717) is 0 Å². The summed E-state index contributed by atoms with van der Waals surface area (Å²) in [6.07, 6.45) is 0. The van der Waals surface area contributed by atoms with Gasteiger partial charge in [0.2, 0.25) is 0 Å². The highest BCUT2D eigenvalue weighted by molar-refractivity contribution is 6.12. The van der Waals surface area contributed by atoms with E-state index in [2.05, 4.69) is 210 Å². The topological polar surface area (TPSA) is 21.3 Å². The van der Waals surface area contributed by atoms with Crippen LogP contribution in [0.25, 0.3) is 82.8 Å². The summed E-state index contributed by atoms with van der Waals surface area (Å²) in [6.45, 7) is 0. The molecule has 0 aliphatic heterocycles. The van der Waals surface area contributed by atoms with Gasteiger partial charge in [-0.25, -0.2) is 0 Å². The lowest BCUT2D eigenvalue weighted by Crippen LogP contribution is -2.09. The molecule has 2 heterocycles. The quantitative estimate of drug-likeness (QED) is 0.163. The van der Waals surface area contributed by atoms with Crippen LogP contribution in [0.3, 0.4) is 0 Å². The lowest BCUT2D eigenvalue weighted by atomic mass is 9.97. The zero-order valence-corrected chi connectivity index (χ0v) is 31.1. The number of furan rings is 1. The van der Waals surface area contributed by atoms with E-state index >= 15 is 0 Å². The summed E-state index contributed by atoms with van der Waals surface area (Å²) in [5, 5.41) is 4.85. The summed E-state index contributed by atoms with van der Waals surface area (Å²) >= 11 is 0. The Morgan fingerprint density at radius 3 is 1.35 bits per heavy atom. The number of anilines is 3. The molecule has 9 aromatic carbocycles. The molecule has 0 N–H and O–H groups in total. The Morgan fingerprint density at radius 2 is 0.754 bits per heavy atom. The predicted octanol–water partition coefficient (Wildman–Crippen LogP) is 15.2. The third-order valence-electron chi connectivity index (χ3n) is 11.2. The number of rotatable bonds is 7. The predicted molar refractivity (Wildman–Crippen MR) is 239 cm³/mol. The first-order chi connectivity index (χ1) is 28.3. The average Bonchev–Trinajstić information content (AvgIpc) is 3.84. The zero-order chi connectivity index (χ0) is 37.7. The Kier molecular flexibility index (Phi) is 7.82. The van der Waals surface area contributed by atoms with Crippen LogP contribution in [0.5, 0.6) is 0 Å². The molecule has 11 aromatic rings. The van der Waals surface area contributed by atoms with Gasteiger partial charge in [0.05, 0.1) is 11.0 Å². The van der Waals surface area contributed by atoms with E-state index in [1.807, 2.05) is 18.2 Å². The molecule has 268 valence electrons. The summed E-state index contributed by atoms with van der Waals surface area (Å²) < 4.78 is 8.52. The Balaban J connectivity index is 0.877. The maximum absolute atomic E-state index is 6.16. The fourth-order valence-electron chi connectivity index (χ4n) is 8.49. The molecule has 0 amide bonds. The Bertz CT molecular complexity index is 3140. The number of aromatic nitrogens is 1. The standard InChI is InChI=1S/C54H36N2O/c1-2-11-42(12-3-1)55(43-31-25-38(26-32-43)37-21-23-41(24-22-37)46-16-10-20-53-54(46)49-15-6-9-19-52(49)57-53)44-33-27-39(28-34-44)40-29-35-45(36-30-40)56-50-17-7-4-13-47(50)48-14-5-8-18-51(48)56/h1-36H. The van der Waals surface area contributed by atoms with Crippen LogP contribution in [-0.2, 0) is 0 Å². The van der Waals surface area contributed by atoms with Gasteiger partial charge in [-0.15, -0.1) is 0 Å². The molecule has 0 bridgehead atoms. The molecule has 0 aliphatic carbocycles. The van der Waals surface area contributed by atoms with Crippen molar-refractivity contribution in [1.29, 1.82) is 0 Å². The van der Waals surface area contributed by atoms with E-state index in [0.717, 1.165) is 44.7 Å². The number of hydrogen-bond acceptors (Lipinski definition) is 2.